The summed E-state index contributed by atoms with van der Waals surface area (Å²) in [7, 11) is 0. The largest absolute Gasteiger partial charge is 0.474 e. The first-order valence-corrected chi connectivity index (χ1v) is 8.62. The van der Waals surface area contributed by atoms with E-state index in [2.05, 4.69) is 17.2 Å². The molecule has 3 nitrogen and oxygen atoms in total. The fourth-order valence-corrected chi connectivity index (χ4v) is 3.43. The predicted molar refractivity (Wildman–Crippen MR) is 94.9 cm³/mol. The van der Waals surface area contributed by atoms with Crippen LogP contribution in [0.15, 0.2) is 36.5 Å². The maximum Gasteiger partial charge on any atom is 0.213 e. The Balaban J connectivity index is 1.75. The van der Waals surface area contributed by atoms with E-state index >= 15 is 0 Å². The van der Waals surface area contributed by atoms with Crippen molar-refractivity contribution >= 4 is 34.8 Å². The lowest BCUT2D eigenvalue weighted by Crippen LogP contribution is -2.29. The Labute approximate surface area is 150 Å². The van der Waals surface area contributed by atoms with Crippen molar-refractivity contribution in [2.45, 2.75) is 18.9 Å². The highest BCUT2D eigenvalue weighted by Gasteiger charge is 2.34. The first-order valence-electron chi connectivity index (χ1n) is 7.48. The first-order chi connectivity index (χ1) is 11.0. The molecule has 1 saturated heterocycles. The van der Waals surface area contributed by atoms with Crippen molar-refractivity contribution in [1.82, 2.24) is 10.3 Å². The number of aromatic nitrogens is 1. The van der Waals surface area contributed by atoms with Gasteiger partial charge in [-0.3, -0.25) is 0 Å². The molecule has 1 aliphatic heterocycles. The van der Waals surface area contributed by atoms with Crippen LogP contribution in [0.4, 0.5) is 0 Å². The van der Waals surface area contributed by atoms with Gasteiger partial charge in [-0.25, -0.2) is 4.98 Å². The molecule has 0 amide bonds. The Kier molecular flexibility index (Phi) is 5.32. The molecule has 23 heavy (non-hydrogen) atoms. The number of benzene rings is 1. The molecule has 3 unspecified atom stereocenters. The van der Waals surface area contributed by atoms with Crippen molar-refractivity contribution in [2.24, 2.45) is 5.92 Å². The van der Waals surface area contributed by atoms with Crippen molar-refractivity contribution < 1.29 is 4.74 Å². The molecular weight excluding hydrogens is 355 g/mol. The molecule has 6 heteroatoms. The second kappa shape index (κ2) is 7.27. The molecule has 3 atom stereocenters. The lowest BCUT2D eigenvalue weighted by molar-refractivity contribution is 0.145. The summed E-state index contributed by atoms with van der Waals surface area (Å²) in [5, 5.41) is 5.19. The van der Waals surface area contributed by atoms with Gasteiger partial charge in [0.15, 0.2) is 0 Å². The van der Waals surface area contributed by atoms with Crippen LogP contribution in [0, 0.1) is 5.92 Å². The zero-order valence-corrected chi connectivity index (χ0v) is 14.9. The lowest BCUT2D eigenvalue weighted by atomic mass is 9.86. The molecule has 0 saturated carbocycles. The van der Waals surface area contributed by atoms with Crippen molar-refractivity contribution in [3.63, 3.8) is 0 Å². The Bertz CT molecular complexity index is 678. The molecule has 1 aliphatic rings. The molecule has 0 aliphatic carbocycles. The Morgan fingerprint density at radius 1 is 1.13 bits per heavy atom. The minimum Gasteiger partial charge on any atom is -0.474 e. The van der Waals surface area contributed by atoms with E-state index in [1.165, 1.54) is 5.56 Å². The van der Waals surface area contributed by atoms with E-state index in [-0.39, 0.29) is 6.10 Å². The summed E-state index contributed by atoms with van der Waals surface area (Å²) in [5.74, 6) is 1.23. The van der Waals surface area contributed by atoms with Crippen LogP contribution >= 0.6 is 34.8 Å². The van der Waals surface area contributed by atoms with E-state index in [0.29, 0.717) is 32.8 Å². The topological polar surface area (TPSA) is 34.1 Å². The molecule has 0 radical (unpaired) electrons. The van der Waals surface area contributed by atoms with Gasteiger partial charge in [0.25, 0.3) is 0 Å². The van der Waals surface area contributed by atoms with Crippen molar-refractivity contribution in [3.05, 3.63) is 57.2 Å². The number of hydrogen-bond acceptors (Lipinski definition) is 3. The third-order valence-corrected chi connectivity index (χ3v) is 5.21. The molecule has 2 aromatic rings. The van der Waals surface area contributed by atoms with Crippen LogP contribution in [0.2, 0.25) is 15.1 Å². The maximum atomic E-state index is 6.16. The van der Waals surface area contributed by atoms with Gasteiger partial charge in [-0.15, -0.1) is 0 Å². The van der Waals surface area contributed by atoms with Crippen molar-refractivity contribution in [2.75, 3.05) is 13.1 Å². The van der Waals surface area contributed by atoms with E-state index in [4.69, 9.17) is 39.5 Å². The SMILES string of the molecule is CC(Oc1ccc(Cl)cn1)C1CNCC1c1ccc(Cl)c(Cl)c1. The quantitative estimate of drug-likeness (QED) is 0.837. The van der Waals surface area contributed by atoms with E-state index in [0.717, 1.165) is 13.1 Å². The monoisotopic (exact) mass is 370 g/mol. The molecule has 0 spiro atoms. The molecule has 0 bridgehead atoms. The summed E-state index contributed by atoms with van der Waals surface area (Å²) in [6.07, 6.45) is 1.60. The summed E-state index contributed by atoms with van der Waals surface area (Å²) in [5.41, 5.74) is 1.17. The van der Waals surface area contributed by atoms with Crippen molar-refractivity contribution in [1.29, 1.82) is 0 Å². The normalized spacial score (nSPS) is 22.1. The third-order valence-electron chi connectivity index (χ3n) is 4.24. The van der Waals surface area contributed by atoms with Gasteiger partial charge in [-0.05, 0) is 30.7 Å². The number of nitrogens with one attached hydrogen (secondary N) is 1. The van der Waals surface area contributed by atoms with Gasteiger partial charge < -0.3 is 10.1 Å². The molecular formula is C17H17Cl3N2O. The molecule has 2 heterocycles. The average Bonchev–Trinajstić information content (AvgIpc) is 3.02. The highest BCUT2D eigenvalue weighted by molar-refractivity contribution is 6.42. The zero-order chi connectivity index (χ0) is 16.4. The fraction of sp³-hybridized carbons (Fsp3) is 0.353. The summed E-state index contributed by atoms with van der Waals surface area (Å²) in [6, 6.07) is 9.39. The van der Waals surface area contributed by atoms with Gasteiger partial charge in [-0.2, -0.15) is 0 Å². The van der Waals surface area contributed by atoms with Crippen LogP contribution < -0.4 is 10.1 Å². The van der Waals surface area contributed by atoms with Gasteiger partial charge in [0.05, 0.1) is 15.1 Å². The summed E-state index contributed by atoms with van der Waals surface area (Å²) < 4.78 is 5.99. The minimum absolute atomic E-state index is 0.0122. The predicted octanol–water partition coefficient (Wildman–Crippen LogP) is 4.81. The summed E-state index contributed by atoms with van der Waals surface area (Å²) in [4.78, 5) is 4.20. The number of rotatable bonds is 4. The van der Waals surface area contributed by atoms with Gasteiger partial charge in [0, 0.05) is 37.2 Å². The standard InChI is InChI=1S/C17H17Cl3N2O/c1-10(23-17-5-3-12(18)7-22-17)13-8-21-9-14(13)11-2-4-15(19)16(20)6-11/h2-7,10,13-14,21H,8-9H2,1H3. The summed E-state index contributed by atoms with van der Waals surface area (Å²) >= 11 is 18.0. The Hall–Kier alpha value is -1.000. The molecule has 1 aromatic heterocycles. The lowest BCUT2D eigenvalue weighted by Gasteiger charge is -2.26. The minimum atomic E-state index is 0.0122. The highest BCUT2D eigenvalue weighted by atomic mass is 35.5. The third kappa shape index (κ3) is 3.92. The van der Waals surface area contributed by atoms with Gasteiger partial charge in [0.1, 0.15) is 6.10 Å². The van der Waals surface area contributed by atoms with Crippen LogP contribution in [-0.4, -0.2) is 24.2 Å². The number of ether oxygens (including phenoxy) is 1. The fourth-order valence-electron chi connectivity index (χ4n) is 3.01. The van der Waals surface area contributed by atoms with Crippen LogP contribution in [0.3, 0.4) is 0 Å². The number of nitrogens with zero attached hydrogens (tertiary/aromatic N) is 1. The Morgan fingerprint density at radius 2 is 1.96 bits per heavy atom. The molecule has 3 rings (SSSR count). The summed E-state index contributed by atoms with van der Waals surface area (Å²) in [6.45, 7) is 3.85. The molecule has 1 aromatic carbocycles. The van der Waals surface area contributed by atoms with E-state index < -0.39 is 0 Å². The number of pyridine rings is 1. The van der Waals surface area contributed by atoms with Gasteiger partial charge in [0.2, 0.25) is 5.88 Å². The van der Waals surface area contributed by atoms with Gasteiger partial charge >= 0.3 is 0 Å². The second-order valence-electron chi connectivity index (χ2n) is 5.74. The first kappa shape index (κ1) is 16.8. The van der Waals surface area contributed by atoms with Gasteiger partial charge in [-0.1, -0.05) is 40.9 Å². The van der Waals surface area contributed by atoms with E-state index in [1.54, 1.807) is 18.3 Å². The zero-order valence-electron chi connectivity index (χ0n) is 12.6. The van der Waals surface area contributed by atoms with Crippen LogP contribution in [0.5, 0.6) is 5.88 Å². The van der Waals surface area contributed by atoms with Crippen molar-refractivity contribution in [3.8, 4) is 5.88 Å². The highest BCUT2D eigenvalue weighted by Crippen LogP contribution is 2.35. The number of halogens is 3. The van der Waals surface area contributed by atoms with Crippen LogP contribution in [-0.2, 0) is 0 Å². The second-order valence-corrected chi connectivity index (χ2v) is 6.99. The van der Waals surface area contributed by atoms with Crippen LogP contribution in [0.25, 0.3) is 0 Å². The Morgan fingerprint density at radius 3 is 2.65 bits per heavy atom. The molecule has 1 N–H and O–H groups in total. The average molecular weight is 372 g/mol. The maximum absolute atomic E-state index is 6.16. The molecule has 122 valence electrons. The van der Waals surface area contributed by atoms with E-state index in [1.807, 2.05) is 18.2 Å². The smallest absolute Gasteiger partial charge is 0.213 e. The van der Waals surface area contributed by atoms with E-state index in [9.17, 15) is 0 Å². The number of hydrogen-bond donors (Lipinski definition) is 1. The van der Waals surface area contributed by atoms with Crippen LogP contribution in [0.1, 0.15) is 18.4 Å². The molecule has 1 fully saturated rings.